The van der Waals surface area contributed by atoms with E-state index in [4.69, 9.17) is 4.74 Å². The molecule has 3 unspecified atom stereocenters. The fourth-order valence-corrected chi connectivity index (χ4v) is 4.75. The van der Waals surface area contributed by atoms with Crippen LogP contribution in [-0.2, 0) is 15.5 Å². The van der Waals surface area contributed by atoms with E-state index < -0.39 is 16.4 Å². The van der Waals surface area contributed by atoms with Crippen molar-refractivity contribution in [3.63, 3.8) is 0 Å². The smallest absolute Gasteiger partial charge is 0.191 e. The molecule has 3 N–H and O–H groups in total. The van der Waals surface area contributed by atoms with Gasteiger partial charge in [0.25, 0.3) is 0 Å². The van der Waals surface area contributed by atoms with Crippen LogP contribution in [0.5, 0.6) is 0 Å². The maximum absolute atomic E-state index is 12.1. The first kappa shape index (κ1) is 23.1. The van der Waals surface area contributed by atoms with Crippen molar-refractivity contribution >= 4 is 40.7 Å². The SMILES string of the molecule is CCNC(=NCC1(O)CCOCC1)NC1CCCC(S(=O)CC)C1.I. The van der Waals surface area contributed by atoms with E-state index in [1.807, 2.05) is 13.8 Å². The monoisotopic (exact) mass is 487 g/mol. The number of halogens is 1. The van der Waals surface area contributed by atoms with Gasteiger partial charge < -0.3 is 20.5 Å². The fraction of sp³-hybridized carbons (Fsp3) is 0.941. The van der Waals surface area contributed by atoms with Gasteiger partial charge in [0.1, 0.15) is 0 Å². The highest BCUT2D eigenvalue weighted by Gasteiger charge is 2.30. The summed E-state index contributed by atoms with van der Waals surface area (Å²) in [6, 6.07) is 0.307. The molecule has 25 heavy (non-hydrogen) atoms. The summed E-state index contributed by atoms with van der Waals surface area (Å²) in [5, 5.41) is 17.6. The molecule has 0 aromatic heterocycles. The van der Waals surface area contributed by atoms with Gasteiger partial charge >= 0.3 is 0 Å². The Hall–Kier alpha value is 0.0700. The van der Waals surface area contributed by atoms with Crippen LogP contribution < -0.4 is 10.6 Å². The summed E-state index contributed by atoms with van der Waals surface area (Å²) < 4.78 is 17.4. The van der Waals surface area contributed by atoms with Gasteiger partial charge in [-0.3, -0.25) is 9.20 Å². The molecule has 0 aromatic carbocycles. The number of aliphatic hydroxyl groups is 1. The van der Waals surface area contributed by atoms with E-state index in [0.717, 1.165) is 43.9 Å². The van der Waals surface area contributed by atoms with Gasteiger partial charge in [-0.15, -0.1) is 24.0 Å². The molecule has 148 valence electrons. The summed E-state index contributed by atoms with van der Waals surface area (Å²) in [7, 11) is -0.721. The minimum Gasteiger partial charge on any atom is -0.388 e. The predicted octanol–water partition coefficient (Wildman–Crippen LogP) is 1.78. The van der Waals surface area contributed by atoms with E-state index in [9.17, 15) is 9.32 Å². The van der Waals surface area contributed by atoms with Crippen molar-refractivity contribution < 1.29 is 14.1 Å². The Balaban J connectivity index is 0.00000312. The molecule has 1 heterocycles. The Kier molecular flexibility index (Phi) is 10.8. The molecule has 1 saturated heterocycles. The van der Waals surface area contributed by atoms with Gasteiger partial charge in [0.05, 0.1) is 12.1 Å². The molecule has 0 aromatic rings. The zero-order chi connectivity index (χ0) is 17.4. The van der Waals surface area contributed by atoms with Crippen molar-refractivity contribution in [1.82, 2.24) is 10.6 Å². The minimum absolute atomic E-state index is 0. The summed E-state index contributed by atoms with van der Waals surface area (Å²) in [5.41, 5.74) is -0.751. The quantitative estimate of drug-likeness (QED) is 0.302. The number of ether oxygens (including phenoxy) is 1. The number of nitrogens with zero attached hydrogens (tertiary/aromatic N) is 1. The van der Waals surface area contributed by atoms with E-state index in [1.54, 1.807) is 0 Å². The average molecular weight is 487 g/mol. The molecule has 2 rings (SSSR count). The molecule has 0 amide bonds. The predicted molar refractivity (Wildman–Crippen MR) is 114 cm³/mol. The largest absolute Gasteiger partial charge is 0.388 e. The summed E-state index contributed by atoms with van der Waals surface area (Å²) in [6.07, 6.45) is 5.46. The van der Waals surface area contributed by atoms with Gasteiger partial charge in [-0.1, -0.05) is 13.3 Å². The normalized spacial score (nSPS) is 27.9. The molecule has 2 fully saturated rings. The number of hydrogen-bond donors (Lipinski definition) is 3. The maximum atomic E-state index is 12.1. The van der Waals surface area contributed by atoms with Crippen LogP contribution in [0.25, 0.3) is 0 Å². The van der Waals surface area contributed by atoms with Crippen molar-refractivity contribution in [2.24, 2.45) is 4.99 Å². The second-order valence-corrected chi connectivity index (χ2v) is 8.84. The summed E-state index contributed by atoms with van der Waals surface area (Å²) in [5.74, 6) is 1.49. The van der Waals surface area contributed by atoms with Crippen LogP contribution >= 0.6 is 24.0 Å². The molecule has 1 aliphatic carbocycles. The van der Waals surface area contributed by atoms with Gasteiger partial charge in [0.2, 0.25) is 0 Å². The summed E-state index contributed by atoms with van der Waals surface area (Å²) in [4.78, 5) is 4.61. The summed E-state index contributed by atoms with van der Waals surface area (Å²) in [6.45, 7) is 6.41. The summed E-state index contributed by atoms with van der Waals surface area (Å²) >= 11 is 0. The molecule has 0 bridgehead atoms. The van der Waals surface area contributed by atoms with Crippen LogP contribution in [-0.4, -0.2) is 64.2 Å². The lowest BCUT2D eigenvalue weighted by Crippen LogP contribution is -2.48. The molecule has 2 aliphatic rings. The first-order valence-electron chi connectivity index (χ1n) is 9.28. The third kappa shape index (κ3) is 7.68. The lowest BCUT2D eigenvalue weighted by molar-refractivity contribution is -0.0566. The number of hydrogen-bond acceptors (Lipinski definition) is 4. The maximum Gasteiger partial charge on any atom is 0.191 e. The highest BCUT2D eigenvalue weighted by Crippen LogP contribution is 2.23. The molecule has 1 aliphatic heterocycles. The van der Waals surface area contributed by atoms with Gasteiger partial charge in [-0.25, -0.2) is 0 Å². The molecule has 0 radical (unpaired) electrons. The first-order valence-corrected chi connectivity index (χ1v) is 10.7. The Morgan fingerprint density at radius 2 is 2.04 bits per heavy atom. The zero-order valence-electron chi connectivity index (χ0n) is 15.5. The van der Waals surface area contributed by atoms with Gasteiger partial charge in [-0.05, 0) is 26.2 Å². The van der Waals surface area contributed by atoms with E-state index in [2.05, 4.69) is 15.6 Å². The third-order valence-corrected chi connectivity index (χ3v) is 6.66. The highest BCUT2D eigenvalue weighted by atomic mass is 127. The Labute approximate surface area is 171 Å². The van der Waals surface area contributed by atoms with Gasteiger partial charge in [-0.2, -0.15) is 0 Å². The van der Waals surface area contributed by atoms with Gasteiger partial charge in [0.15, 0.2) is 5.96 Å². The minimum atomic E-state index is -0.751. The number of nitrogens with one attached hydrogen (secondary N) is 2. The van der Waals surface area contributed by atoms with Crippen LogP contribution in [0.3, 0.4) is 0 Å². The lowest BCUT2D eigenvalue weighted by Gasteiger charge is -2.32. The lowest BCUT2D eigenvalue weighted by atomic mass is 9.94. The van der Waals surface area contributed by atoms with Crippen molar-refractivity contribution in [3.05, 3.63) is 0 Å². The molecule has 1 saturated carbocycles. The Morgan fingerprint density at radius 1 is 1.32 bits per heavy atom. The van der Waals surface area contributed by atoms with Crippen LogP contribution in [0.4, 0.5) is 0 Å². The van der Waals surface area contributed by atoms with Crippen LogP contribution in [0.1, 0.15) is 52.4 Å². The molecule has 0 spiro atoms. The molecular formula is C17H34IN3O3S. The standard InChI is InChI=1S/C17H33N3O3S.HI/c1-3-18-16(19-13-17(21)8-10-23-11-9-17)20-14-6-5-7-15(12-14)24(22)4-2;/h14-15,21H,3-13H2,1-2H3,(H2,18,19,20);1H. The number of rotatable bonds is 6. The molecular weight excluding hydrogens is 453 g/mol. The first-order chi connectivity index (χ1) is 11.6. The van der Waals surface area contributed by atoms with Crippen molar-refractivity contribution in [1.29, 1.82) is 0 Å². The second-order valence-electron chi connectivity index (χ2n) is 6.83. The average Bonchev–Trinajstić information content (AvgIpc) is 2.60. The van der Waals surface area contributed by atoms with Gasteiger partial charge in [0, 0.05) is 60.4 Å². The highest BCUT2D eigenvalue weighted by molar-refractivity contribution is 14.0. The van der Waals surface area contributed by atoms with Crippen molar-refractivity contribution in [3.8, 4) is 0 Å². The molecule has 6 nitrogen and oxygen atoms in total. The number of guanidine groups is 1. The van der Waals surface area contributed by atoms with Crippen molar-refractivity contribution in [2.45, 2.75) is 69.3 Å². The molecule has 3 atom stereocenters. The molecule has 8 heteroatoms. The van der Waals surface area contributed by atoms with E-state index in [1.165, 1.54) is 0 Å². The van der Waals surface area contributed by atoms with E-state index in [0.29, 0.717) is 43.9 Å². The zero-order valence-corrected chi connectivity index (χ0v) is 18.6. The second kappa shape index (κ2) is 11.7. The third-order valence-electron chi connectivity index (χ3n) is 4.92. The van der Waals surface area contributed by atoms with Crippen LogP contribution in [0.2, 0.25) is 0 Å². The number of aliphatic imine (C=N–C) groups is 1. The van der Waals surface area contributed by atoms with Crippen LogP contribution in [0, 0.1) is 0 Å². The topological polar surface area (TPSA) is 83.0 Å². The van der Waals surface area contributed by atoms with E-state index in [-0.39, 0.29) is 24.0 Å². The van der Waals surface area contributed by atoms with E-state index >= 15 is 0 Å². The van der Waals surface area contributed by atoms with Crippen LogP contribution in [0.15, 0.2) is 4.99 Å². The Bertz CT molecular complexity index is 445. The fourth-order valence-electron chi connectivity index (χ4n) is 3.40. The van der Waals surface area contributed by atoms with Crippen molar-refractivity contribution in [2.75, 3.05) is 32.1 Å². The Morgan fingerprint density at radius 3 is 2.68 bits per heavy atom.